The second kappa shape index (κ2) is 4.56. The van der Waals surface area contributed by atoms with Gasteiger partial charge in [0.2, 0.25) is 0 Å². The van der Waals surface area contributed by atoms with Crippen molar-refractivity contribution < 1.29 is 15.1 Å². The highest BCUT2D eigenvalue weighted by molar-refractivity contribution is 6.35. The average molecular weight is 231 g/mol. The maximum absolute atomic E-state index is 10.7. The predicted octanol–water partition coefficient (Wildman–Crippen LogP) is 1.09. The van der Waals surface area contributed by atoms with E-state index in [9.17, 15) is 4.79 Å². The average Bonchev–Trinajstić information content (AvgIpc) is 2.35. The van der Waals surface area contributed by atoms with Crippen LogP contribution in [0.15, 0.2) is 35.6 Å². The zero-order chi connectivity index (χ0) is 12.3. The number of carboxylic acid groups (broad SMARTS) is 1. The first-order valence-corrected chi connectivity index (χ1v) is 4.85. The van der Waals surface area contributed by atoms with E-state index in [2.05, 4.69) is 15.1 Å². The lowest BCUT2D eigenvalue weighted by Crippen LogP contribution is -2.16. The molecule has 0 aliphatic heterocycles. The van der Waals surface area contributed by atoms with Gasteiger partial charge in [-0.2, -0.15) is 0 Å². The molecule has 0 spiro atoms. The lowest BCUT2D eigenvalue weighted by Gasteiger charge is -2.01. The zero-order valence-electron chi connectivity index (χ0n) is 8.74. The van der Waals surface area contributed by atoms with Crippen LogP contribution in [0.4, 0.5) is 0 Å². The molecule has 6 nitrogen and oxygen atoms in total. The Morgan fingerprint density at radius 2 is 2.00 bits per heavy atom. The van der Waals surface area contributed by atoms with Gasteiger partial charge in [-0.25, -0.2) is 9.78 Å². The van der Waals surface area contributed by atoms with Gasteiger partial charge in [0.15, 0.2) is 5.71 Å². The molecule has 1 heterocycles. The molecule has 17 heavy (non-hydrogen) atoms. The Morgan fingerprint density at radius 3 is 2.65 bits per heavy atom. The fourth-order valence-electron chi connectivity index (χ4n) is 1.41. The molecule has 0 aliphatic rings. The lowest BCUT2D eigenvalue weighted by atomic mass is 10.2. The Morgan fingerprint density at radius 1 is 1.29 bits per heavy atom. The Labute approximate surface area is 96.2 Å². The molecule has 6 heteroatoms. The number of para-hydroxylation sites is 2. The highest BCUT2D eigenvalue weighted by Crippen LogP contribution is 2.09. The van der Waals surface area contributed by atoms with Crippen LogP contribution in [0.2, 0.25) is 0 Å². The van der Waals surface area contributed by atoms with Gasteiger partial charge in [-0.3, -0.25) is 4.98 Å². The minimum Gasteiger partial charge on any atom is -0.477 e. The standard InChI is InChI=1S/C11H9N3O3/c15-11(16)10(14-17)5-7-6-12-8-3-1-2-4-9(8)13-7/h1-4,6,17H,5H2,(H,15,16)/b14-10-. The molecule has 86 valence electrons. The number of benzene rings is 1. The number of oxime groups is 1. The van der Waals surface area contributed by atoms with Crippen molar-refractivity contribution in [3.05, 3.63) is 36.2 Å². The van der Waals surface area contributed by atoms with Crippen molar-refractivity contribution in [2.24, 2.45) is 5.16 Å². The molecule has 0 radical (unpaired) electrons. The van der Waals surface area contributed by atoms with Crippen molar-refractivity contribution in [1.82, 2.24) is 9.97 Å². The van der Waals surface area contributed by atoms with Gasteiger partial charge in [0, 0.05) is 12.6 Å². The minimum atomic E-state index is -1.28. The van der Waals surface area contributed by atoms with Gasteiger partial charge in [-0.05, 0) is 12.1 Å². The summed E-state index contributed by atoms with van der Waals surface area (Å²) < 4.78 is 0. The SMILES string of the molecule is O=C(O)/C(Cc1cnc2ccccc2n1)=N\O. The smallest absolute Gasteiger partial charge is 0.354 e. The lowest BCUT2D eigenvalue weighted by molar-refractivity contribution is -0.129. The molecule has 1 aromatic heterocycles. The number of carbonyl (C=O) groups is 1. The summed E-state index contributed by atoms with van der Waals surface area (Å²) in [4.78, 5) is 19.0. The summed E-state index contributed by atoms with van der Waals surface area (Å²) in [5.74, 6) is -1.28. The van der Waals surface area contributed by atoms with Gasteiger partial charge in [0.1, 0.15) is 0 Å². The van der Waals surface area contributed by atoms with Gasteiger partial charge in [-0.1, -0.05) is 17.3 Å². The number of rotatable bonds is 3. The van der Waals surface area contributed by atoms with E-state index >= 15 is 0 Å². The van der Waals surface area contributed by atoms with Gasteiger partial charge >= 0.3 is 5.97 Å². The van der Waals surface area contributed by atoms with Crippen LogP contribution in [0.1, 0.15) is 5.69 Å². The van der Waals surface area contributed by atoms with E-state index < -0.39 is 5.97 Å². The first kappa shape index (κ1) is 11.0. The monoisotopic (exact) mass is 231 g/mol. The van der Waals surface area contributed by atoms with Crippen LogP contribution >= 0.6 is 0 Å². The Bertz CT molecular complexity index is 595. The summed E-state index contributed by atoms with van der Waals surface area (Å²) in [5, 5.41) is 20.0. The Kier molecular flexibility index (Phi) is 2.95. The van der Waals surface area contributed by atoms with E-state index in [0.29, 0.717) is 11.2 Å². The fourth-order valence-corrected chi connectivity index (χ4v) is 1.41. The van der Waals surface area contributed by atoms with Crippen LogP contribution in [0.5, 0.6) is 0 Å². The second-order valence-corrected chi connectivity index (χ2v) is 3.38. The van der Waals surface area contributed by atoms with Crippen LogP contribution in [0.25, 0.3) is 11.0 Å². The van der Waals surface area contributed by atoms with Crippen molar-refractivity contribution in [1.29, 1.82) is 0 Å². The highest BCUT2D eigenvalue weighted by atomic mass is 16.4. The molecule has 0 fully saturated rings. The molecule has 0 amide bonds. The van der Waals surface area contributed by atoms with Gasteiger partial charge in [0.25, 0.3) is 0 Å². The van der Waals surface area contributed by atoms with Gasteiger partial charge in [-0.15, -0.1) is 0 Å². The van der Waals surface area contributed by atoms with Crippen LogP contribution < -0.4 is 0 Å². The summed E-state index contributed by atoms with van der Waals surface area (Å²) in [5.41, 5.74) is 1.48. The van der Waals surface area contributed by atoms with Crippen LogP contribution in [-0.4, -0.2) is 32.0 Å². The molecule has 0 saturated heterocycles. The normalized spacial score (nSPS) is 11.6. The van der Waals surface area contributed by atoms with Gasteiger partial charge in [0.05, 0.1) is 16.7 Å². The minimum absolute atomic E-state index is 0.0658. The number of aromatic nitrogens is 2. The fraction of sp³-hybridized carbons (Fsp3) is 0.0909. The Balaban J connectivity index is 2.34. The maximum atomic E-state index is 10.7. The number of carboxylic acids is 1. The predicted molar refractivity (Wildman–Crippen MR) is 60.1 cm³/mol. The maximum Gasteiger partial charge on any atom is 0.354 e. The molecule has 2 aromatic rings. The van der Waals surface area contributed by atoms with Crippen molar-refractivity contribution in [3.63, 3.8) is 0 Å². The molecule has 0 aliphatic carbocycles. The third-order valence-corrected chi connectivity index (χ3v) is 2.21. The first-order chi connectivity index (χ1) is 8.20. The topological polar surface area (TPSA) is 95.7 Å². The van der Waals surface area contributed by atoms with E-state index in [1.165, 1.54) is 6.20 Å². The van der Waals surface area contributed by atoms with E-state index in [1.807, 2.05) is 18.2 Å². The third-order valence-electron chi connectivity index (χ3n) is 2.21. The van der Waals surface area contributed by atoms with Crippen LogP contribution in [-0.2, 0) is 11.2 Å². The molecular weight excluding hydrogens is 222 g/mol. The summed E-state index contributed by atoms with van der Waals surface area (Å²) in [6, 6.07) is 7.25. The summed E-state index contributed by atoms with van der Waals surface area (Å²) in [6.45, 7) is 0. The van der Waals surface area contributed by atoms with E-state index in [4.69, 9.17) is 10.3 Å². The Hall–Kier alpha value is -2.50. The summed E-state index contributed by atoms with van der Waals surface area (Å²) >= 11 is 0. The number of nitrogens with zero attached hydrogens (tertiary/aromatic N) is 3. The van der Waals surface area contributed by atoms with E-state index in [0.717, 1.165) is 5.52 Å². The number of hydrogen-bond donors (Lipinski definition) is 2. The van der Waals surface area contributed by atoms with Crippen molar-refractivity contribution in [2.45, 2.75) is 6.42 Å². The number of hydrogen-bond acceptors (Lipinski definition) is 5. The molecule has 0 bridgehead atoms. The molecule has 0 atom stereocenters. The van der Waals surface area contributed by atoms with E-state index in [1.54, 1.807) is 6.07 Å². The highest BCUT2D eigenvalue weighted by Gasteiger charge is 2.12. The van der Waals surface area contributed by atoms with Gasteiger partial charge < -0.3 is 10.3 Å². The quantitative estimate of drug-likeness (QED) is 0.468. The van der Waals surface area contributed by atoms with Crippen molar-refractivity contribution in [2.75, 3.05) is 0 Å². The second-order valence-electron chi connectivity index (χ2n) is 3.38. The van der Waals surface area contributed by atoms with Crippen LogP contribution in [0.3, 0.4) is 0 Å². The zero-order valence-corrected chi connectivity index (χ0v) is 8.74. The van der Waals surface area contributed by atoms with Crippen molar-refractivity contribution in [3.8, 4) is 0 Å². The number of fused-ring (bicyclic) bond motifs is 1. The molecule has 0 unspecified atom stereocenters. The molecule has 1 aromatic carbocycles. The third kappa shape index (κ3) is 2.36. The molecule has 2 N–H and O–H groups in total. The number of aliphatic carboxylic acids is 1. The summed E-state index contributed by atoms with van der Waals surface area (Å²) in [7, 11) is 0. The largest absolute Gasteiger partial charge is 0.477 e. The molecule has 2 rings (SSSR count). The molecule has 0 saturated carbocycles. The molecular formula is C11H9N3O3. The van der Waals surface area contributed by atoms with Crippen molar-refractivity contribution >= 4 is 22.7 Å². The van der Waals surface area contributed by atoms with Crippen LogP contribution in [0, 0.1) is 0 Å². The first-order valence-electron chi connectivity index (χ1n) is 4.85. The van der Waals surface area contributed by atoms with E-state index in [-0.39, 0.29) is 12.1 Å². The summed E-state index contributed by atoms with van der Waals surface area (Å²) in [6.07, 6.45) is 1.40.